The summed E-state index contributed by atoms with van der Waals surface area (Å²) in [7, 11) is 0. The van der Waals surface area contributed by atoms with Gasteiger partial charge in [-0.1, -0.05) is 0 Å². The molecular formula is C9H10FN3O2. The lowest BCUT2D eigenvalue weighted by atomic mass is 10.4. The van der Waals surface area contributed by atoms with Gasteiger partial charge in [0.1, 0.15) is 0 Å². The highest BCUT2D eigenvalue weighted by Crippen LogP contribution is 2.16. The molecule has 15 heavy (non-hydrogen) atoms. The van der Waals surface area contributed by atoms with E-state index in [1.165, 1.54) is 0 Å². The van der Waals surface area contributed by atoms with E-state index < -0.39 is 5.82 Å². The second-order valence-electron chi connectivity index (χ2n) is 3.12. The molecule has 0 radical (unpaired) electrons. The Morgan fingerprint density at radius 3 is 2.87 bits per heavy atom. The van der Waals surface area contributed by atoms with Crippen LogP contribution in [0.3, 0.4) is 0 Å². The molecule has 0 atom stereocenters. The quantitative estimate of drug-likeness (QED) is 0.657. The van der Waals surface area contributed by atoms with E-state index in [0.29, 0.717) is 32.6 Å². The van der Waals surface area contributed by atoms with E-state index in [9.17, 15) is 9.18 Å². The second kappa shape index (κ2) is 4.31. The predicted molar refractivity (Wildman–Crippen MR) is 50.4 cm³/mol. The summed E-state index contributed by atoms with van der Waals surface area (Å²) in [6.45, 7) is 2.23. The summed E-state index contributed by atoms with van der Waals surface area (Å²) >= 11 is 0. The summed E-state index contributed by atoms with van der Waals surface area (Å²) in [5.74, 6) is -0.337. The zero-order valence-corrected chi connectivity index (χ0v) is 8.02. The molecule has 0 aliphatic carbocycles. The fraction of sp³-hybridized carbons (Fsp3) is 0.444. The maximum absolute atomic E-state index is 13.4. The third-order valence-corrected chi connectivity index (χ3v) is 2.16. The van der Waals surface area contributed by atoms with Crippen LogP contribution in [-0.4, -0.2) is 42.6 Å². The molecule has 1 saturated heterocycles. The molecule has 1 aromatic heterocycles. The average Bonchev–Trinajstić information content (AvgIpc) is 2.31. The fourth-order valence-electron chi connectivity index (χ4n) is 1.43. The highest BCUT2D eigenvalue weighted by molar-refractivity contribution is 5.69. The molecule has 2 rings (SSSR count). The molecule has 0 aromatic carbocycles. The number of nitrogens with zero attached hydrogens (tertiary/aromatic N) is 3. The Morgan fingerprint density at radius 1 is 1.47 bits per heavy atom. The number of aldehydes is 1. The van der Waals surface area contributed by atoms with E-state index >= 15 is 0 Å². The van der Waals surface area contributed by atoms with Crippen molar-refractivity contribution >= 4 is 12.1 Å². The van der Waals surface area contributed by atoms with Crippen LogP contribution >= 0.6 is 0 Å². The molecule has 0 saturated carbocycles. The van der Waals surface area contributed by atoms with Crippen molar-refractivity contribution in [2.75, 3.05) is 31.2 Å². The molecule has 0 spiro atoms. The van der Waals surface area contributed by atoms with Gasteiger partial charge in [0, 0.05) is 13.1 Å². The van der Waals surface area contributed by atoms with Gasteiger partial charge >= 0.3 is 0 Å². The Balaban J connectivity index is 2.28. The number of carbonyl (C=O) groups is 1. The lowest BCUT2D eigenvalue weighted by molar-refractivity contribution is 0.111. The van der Waals surface area contributed by atoms with Gasteiger partial charge in [-0.3, -0.25) is 4.79 Å². The number of halogens is 1. The van der Waals surface area contributed by atoms with Gasteiger partial charge in [-0.15, -0.1) is 0 Å². The molecule has 1 aromatic rings. The number of hydrogen-bond acceptors (Lipinski definition) is 5. The summed E-state index contributed by atoms with van der Waals surface area (Å²) in [5.41, 5.74) is 0. The zero-order chi connectivity index (χ0) is 10.7. The van der Waals surface area contributed by atoms with Crippen LogP contribution in [0.2, 0.25) is 0 Å². The van der Waals surface area contributed by atoms with Crippen LogP contribution in [0.25, 0.3) is 0 Å². The lowest BCUT2D eigenvalue weighted by Crippen LogP contribution is -2.37. The maximum atomic E-state index is 13.4. The van der Waals surface area contributed by atoms with Gasteiger partial charge in [0.15, 0.2) is 23.7 Å². The number of ether oxygens (including phenoxy) is 1. The van der Waals surface area contributed by atoms with Crippen molar-refractivity contribution in [1.82, 2.24) is 9.97 Å². The van der Waals surface area contributed by atoms with Crippen molar-refractivity contribution in [3.8, 4) is 0 Å². The minimum Gasteiger partial charge on any atom is -0.378 e. The number of morpholine rings is 1. The number of anilines is 1. The van der Waals surface area contributed by atoms with Crippen LogP contribution < -0.4 is 4.90 Å². The summed E-state index contributed by atoms with van der Waals surface area (Å²) in [4.78, 5) is 19.6. The van der Waals surface area contributed by atoms with Crippen LogP contribution in [0.1, 0.15) is 10.6 Å². The first-order valence-electron chi connectivity index (χ1n) is 4.61. The van der Waals surface area contributed by atoms with Crippen LogP contribution in [0, 0.1) is 5.82 Å². The second-order valence-corrected chi connectivity index (χ2v) is 3.12. The molecule has 1 aliphatic heterocycles. The van der Waals surface area contributed by atoms with Gasteiger partial charge in [0.2, 0.25) is 0 Å². The van der Waals surface area contributed by atoms with Gasteiger partial charge in [0.05, 0.1) is 19.4 Å². The Kier molecular flexibility index (Phi) is 2.86. The monoisotopic (exact) mass is 211 g/mol. The molecule has 1 aliphatic rings. The van der Waals surface area contributed by atoms with Crippen molar-refractivity contribution < 1.29 is 13.9 Å². The first-order chi connectivity index (χ1) is 7.31. The smallest absolute Gasteiger partial charge is 0.194 e. The largest absolute Gasteiger partial charge is 0.378 e. The predicted octanol–water partition coefficient (Wildman–Crippen LogP) is 0.265. The normalized spacial score (nSPS) is 16.5. The van der Waals surface area contributed by atoms with Crippen LogP contribution in [0.4, 0.5) is 10.2 Å². The molecule has 0 unspecified atom stereocenters. The van der Waals surface area contributed by atoms with E-state index in [4.69, 9.17) is 4.74 Å². The number of rotatable bonds is 2. The van der Waals surface area contributed by atoms with E-state index in [1.54, 1.807) is 4.90 Å². The molecule has 0 bridgehead atoms. The molecule has 2 heterocycles. The van der Waals surface area contributed by atoms with Crippen molar-refractivity contribution in [1.29, 1.82) is 0 Å². The van der Waals surface area contributed by atoms with E-state index in [0.717, 1.165) is 6.20 Å². The molecule has 80 valence electrons. The van der Waals surface area contributed by atoms with Gasteiger partial charge in [-0.2, -0.15) is 0 Å². The van der Waals surface area contributed by atoms with E-state index in [2.05, 4.69) is 9.97 Å². The first-order valence-corrected chi connectivity index (χ1v) is 4.61. The van der Waals surface area contributed by atoms with Crippen molar-refractivity contribution in [2.45, 2.75) is 0 Å². The molecule has 6 heteroatoms. The molecule has 0 N–H and O–H groups in total. The first kappa shape index (κ1) is 9.97. The lowest BCUT2D eigenvalue weighted by Gasteiger charge is -2.27. The minimum atomic E-state index is -0.512. The van der Waals surface area contributed by atoms with E-state index in [1.807, 2.05) is 0 Å². The third kappa shape index (κ3) is 2.10. The zero-order valence-electron chi connectivity index (χ0n) is 8.02. The van der Waals surface area contributed by atoms with Crippen LogP contribution in [-0.2, 0) is 4.74 Å². The Bertz CT molecular complexity index is 366. The number of aromatic nitrogens is 2. The SMILES string of the molecule is O=Cc1ncc(F)c(N2CCOCC2)n1. The topological polar surface area (TPSA) is 55.3 Å². The summed E-state index contributed by atoms with van der Waals surface area (Å²) in [5, 5.41) is 0. The molecule has 1 fully saturated rings. The molecule has 5 nitrogen and oxygen atoms in total. The van der Waals surface area contributed by atoms with E-state index in [-0.39, 0.29) is 11.6 Å². The summed E-state index contributed by atoms with van der Waals surface area (Å²) < 4.78 is 18.5. The third-order valence-electron chi connectivity index (χ3n) is 2.16. The van der Waals surface area contributed by atoms with Gasteiger partial charge in [-0.05, 0) is 0 Å². The summed E-state index contributed by atoms with van der Waals surface area (Å²) in [6, 6.07) is 0. The number of carbonyl (C=O) groups excluding carboxylic acids is 1. The van der Waals surface area contributed by atoms with Crippen LogP contribution in [0.15, 0.2) is 6.20 Å². The van der Waals surface area contributed by atoms with Gasteiger partial charge < -0.3 is 9.64 Å². The van der Waals surface area contributed by atoms with Gasteiger partial charge in [-0.25, -0.2) is 14.4 Å². The fourth-order valence-corrected chi connectivity index (χ4v) is 1.43. The number of hydrogen-bond donors (Lipinski definition) is 0. The highest BCUT2D eigenvalue weighted by atomic mass is 19.1. The van der Waals surface area contributed by atoms with Crippen LogP contribution in [0.5, 0.6) is 0 Å². The van der Waals surface area contributed by atoms with Crippen molar-refractivity contribution in [2.24, 2.45) is 0 Å². The summed E-state index contributed by atoms with van der Waals surface area (Å²) in [6.07, 6.45) is 1.52. The highest BCUT2D eigenvalue weighted by Gasteiger charge is 2.17. The molecular weight excluding hydrogens is 201 g/mol. The standard InChI is InChI=1S/C9H10FN3O2/c10-7-5-11-8(6-14)12-9(7)13-1-3-15-4-2-13/h5-6H,1-4H2. The van der Waals surface area contributed by atoms with Gasteiger partial charge in [0.25, 0.3) is 0 Å². The van der Waals surface area contributed by atoms with Crippen molar-refractivity contribution in [3.63, 3.8) is 0 Å². The Morgan fingerprint density at radius 2 is 2.20 bits per heavy atom. The van der Waals surface area contributed by atoms with Crippen molar-refractivity contribution in [3.05, 3.63) is 17.8 Å². The Hall–Kier alpha value is -1.56. The Labute approximate surface area is 85.9 Å². The average molecular weight is 211 g/mol. The maximum Gasteiger partial charge on any atom is 0.194 e. The molecule has 0 amide bonds. The minimum absolute atomic E-state index is 0.00195.